The van der Waals surface area contributed by atoms with E-state index in [-0.39, 0.29) is 0 Å². The van der Waals surface area contributed by atoms with E-state index in [1.165, 1.54) is 17.4 Å². The Hall–Kier alpha value is -1.37. The second-order valence-electron chi connectivity index (χ2n) is 4.64. The number of thiazole rings is 1. The van der Waals surface area contributed by atoms with Crippen molar-refractivity contribution in [2.45, 2.75) is 6.54 Å². The molecule has 0 aliphatic carbocycles. The van der Waals surface area contributed by atoms with Crippen LogP contribution in [-0.4, -0.2) is 36.2 Å². The summed E-state index contributed by atoms with van der Waals surface area (Å²) in [5, 5.41) is 2.86. The van der Waals surface area contributed by atoms with Gasteiger partial charge in [0.05, 0.1) is 25.5 Å². The number of ether oxygens (including phenoxy) is 1. The normalized spacial score (nSPS) is 16.5. The van der Waals surface area contributed by atoms with Gasteiger partial charge in [-0.2, -0.15) is 0 Å². The summed E-state index contributed by atoms with van der Waals surface area (Å²) in [6, 6.07) is 3.86. The van der Waals surface area contributed by atoms with Gasteiger partial charge in [0.25, 0.3) is 0 Å². The maximum absolute atomic E-state index is 13.2. The fraction of sp³-hybridized carbons (Fsp3) is 0.357. The number of benzene rings is 1. The summed E-state index contributed by atoms with van der Waals surface area (Å²) in [7, 11) is 0. The van der Waals surface area contributed by atoms with E-state index in [4.69, 9.17) is 4.74 Å². The third-order valence-corrected chi connectivity index (χ3v) is 4.06. The van der Waals surface area contributed by atoms with Gasteiger partial charge in [-0.25, -0.2) is 13.8 Å². The first-order chi connectivity index (χ1) is 9.72. The minimum absolute atomic E-state index is 0.605. The van der Waals surface area contributed by atoms with E-state index in [1.54, 1.807) is 6.07 Å². The SMILES string of the molecule is Fc1ccc(-c2csc(CN3CCOCC3)n2)cc1F. The average molecular weight is 296 g/mol. The van der Waals surface area contributed by atoms with Crippen LogP contribution in [0.25, 0.3) is 11.3 Å². The Morgan fingerprint density at radius 3 is 2.75 bits per heavy atom. The third kappa shape index (κ3) is 3.03. The highest BCUT2D eigenvalue weighted by atomic mass is 32.1. The van der Waals surface area contributed by atoms with Crippen molar-refractivity contribution < 1.29 is 13.5 Å². The Bertz CT molecular complexity index is 597. The van der Waals surface area contributed by atoms with Crippen molar-refractivity contribution in [3.63, 3.8) is 0 Å². The molecule has 0 atom stereocenters. The van der Waals surface area contributed by atoms with Crippen LogP contribution in [-0.2, 0) is 11.3 Å². The van der Waals surface area contributed by atoms with Gasteiger partial charge in [0.15, 0.2) is 11.6 Å². The lowest BCUT2D eigenvalue weighted by atomic mass is 10.2. The van der Waals surface area contributed by atoms with E-state index in [9.17, 15) is 8.78 Å². The highest BCUT2D eigenvalue weighted by Gasteiger charge is 2.14. The predicted octanol–water partition coefficient (Wildman–Crippen LogP) is 2.92. The van der Waals surface area contributed by atoms with E-state index in [0.717, 1.165) is 43.9 Å². The standard InChI is InChI=1S/C14H14F2N2OS/c15-11-2-1-10(7-12(11)16)13-9-20-14(17-13)8-18-3-5-19-6-4-18/h1-2,7,9H,3-6,8H2. The quantitative estimate of drug-likeness (QED) is 0.871. The predicted molar refractivity (Wildman–Crippen MR) is 73.6 cm³/mol. The first-order valence-corrected chi connectivity index (χ1v) is 7.30. The summed E-state index contributed by atoms with van der Waals surface area (Å²) in [4.78, 5) is 6.77. The molecule has 3 nitrogen and oxygen atoms in total. The summed E-state index contributed by atoms with van der Waals surface area (Å²) in [6.45, 7) is 4.08. The van der Waals surface area contributed by atoms with Gasteiger partial charge in [-0.05, 0) is 18.2 Å². The Morgan fingerprint density at radius 1 is 1.20 bits per heavy atom. The van der Waals surface area contributed by atoms with Gasteiger partial charge in [-0.1, -0.05) is 0 Å². The topological polar surface area (TPSA) is 25.4 Å². The van der Waals surface area contributed by atoms with Crippen LogP contribution in [0.3, 0.4) is 0 Å². The molecule has 0 N–H and O–H groups in total. The smallest absolute Gasteiger partial charge is 0.159 e. The van der Waals surface area contributed by atoms with Crippen molar-refractivity contribution >= 4 is 11.3 Å². The van der Waals surface area contributed by atoms with Crippen molar-refractivity contribution in [1.82, 2.24) is 9.88 Å². The van der Waals surface area contributed by atoms with Crippen molar-refractivity contribution in [1.29, 1.82) is 0 Å². The largest absolute Gasteiger partial charge is 0.379 e. The Kier molecular flexibility index (Phi) is 4.05. The Labute approximate surface area is 119 Å². The second-order valence-corrected chi connectivity index (χ2v) is 5.59. The van der Waals surface area contributed by atoms with Crippen LogP contribution in [0.15, 0.2) is 23.6 Å². The van der Waals surface area contributed by atoms with Crippen LogP contribution in [0.2, 0.25) is 0 Å². The first-order valence-electron chi connectivity index (χ1n) is 6.42. The van der Waals surface area contributed by atoms with Crippen molar-refractivity contribution in [3.05, 3.63) is 40.2 Å². The number of hydrogen-bond donors (Lipinski definition) is 0. The molecule has 0 unspecified atom stereocenters. The summed E-state index contributed by atoms with van der Waals surface area (Å²) in [5.41, 5.74) is 1.30. The van der Waals surface area contributed by atoms with E-state index < -0.39 is 11.6 Å². The molecule has 1 saturated heterocycles. The minimum Gasteiger partial charge on any atom is -0.379 e. The minimum atomic E-state index is -0.842. The number of aromatic nitrogens is 1. The highest BCUT2D eigenvalue weighted by molar-refractivity contribution is 7.09. The van der Waals surface area contributed by atoms with E-state index >= 15 is 0 Å². The number of rotatable bonds is 3. The zero-order chi connectivity index (χ0) is 13.9. The van der Waals surface area contributed by atoms with Crippen LogP contribution >= 0.6 is 11.3 Å². The first kappa shape index (κ1) is 13.6. The maximum Gasteiger partial charge on any atom is 0.159 e. The molecule has 106 valence electrons. The van der Waals surface area contributed by atoms with Crippen LogP contribution < -0.4 is 0 Å². The molecule has 1 aliphatic heterocycles. The number of halogens is 2. The molecule has 6 heteroatoms. The third-order valence-electron chi connectivity index (χ3n) is 3.23. The molecule has 0 saturated carbocycles. The molecule has 1 aromatic heterocycles. The number of nitrogens with zero attached hydrogens (tertiary/aromatic N) is 2. The Morgan fingerprint density at radius 2 is 2.00 bits per heavy atom. The van der Waals surface area contributed by atoms with E-state index in [1.807, 2.05) is 5.38 Å². The molecule has 0 bridgehead atoms. The summed E-state index contributed by atoms with van der Waals surface area (Å²) in [5.74, 6) is -1.68. The van der Waals surface area contributed by atoms with Crippen LogP contribution in [0.5, 0.6) is 0 Å². The van der Waals surface area contributed by atoms with Gasteiger partial charge in [0, 0.05) is 24.0 Å². The molecule has 1 aliphatic rings. The molecule has 0 amide bonds. The summed E-state index contributed by atoms with van der Waals surface area (Å²) >= 11 is 1.54. The molecule has 1 aromatic carbocycles. The number of hydrogen-bond acceptors (Lipinski definition) is 4. The summed E-state index contributed by atoms with van der Waals surface area (Å²) < 4.78 is 31.4. The second kappa shape index (κ2) is 5.95. The van der Waals surface area contributed by atoms with Gasteiger partial charge >= 0.3 is 0 Å². The van der Waals surface area contributed by atoms with Crippen molar-refractivity contribution in [2.75, 3.05) is 26.3 Å². The van der Waals surface area contributed by atoms with Gasteiger partial charge in [-0.3, -0.25) is 4.90 Å². The fourth-order valence-corrected chi connectivity index (χ4v) is 2.97. The molecule has 20 heavy (non-hydrogen) atoms. The van der Waals surface area contributed by atoms with Gasteiger partial charge in [0.2, 0.25) is 0 Å². The van der Waals surface area contributed by atoms with E-state index in [0.29, 0.717) is 11.3 Å². The Balaban J connectivity index is 1.73. The van der Waals surface area contributed by atoms with E-state index in [2.05, 4.69) is 9.88 Å². The monoisotopic (exact) mass is 296 g/mol. The lowest BCUT2D eigenvalue weighted by molar-refractivity contribution is 0.0342. The fourth-order valence-electron chi connectivity index (χ4n) is 2.12. The molecular formula is C14H14F2N2OS. The van der Waals surface area contributed by atoms with Crippen molar-refractivity contribution in [2.24, 2.45) is 0 Å². The van der Waals surface area contributed by atoms with Crippen molar-refractivity contribution in [3.8, 4) is 11.3 Å². The molecular weight excluding hydrogens is 282 g/mol. The maximum atomic E-state index is 13.2. The lowest BCUT2D eigenvalue weighted by Gasteiger charge is -2.25. The van der Waals surface area contributed by atoms with Gasteiger partial charge in [0.1, 0.15) is 5.01 Å². The zero-order valence-corrected chi connectivity index (χ0v) is 11.6. The molecule has 0 spiro atoms. The summed E-state index contributed by atoms with van der Waals surface area (Å²) in [6.07, 6.45) is 0. The molecule has 3 rings (SSSR count). The van der Waals surface area contributed by atoms with Crippen LogP contribution in [0, 0.1) is 11.6 Å². The molecule has 2 aromatic rings. The highest BCUT2D eigenvalue weighted by Crippen LogP contribution is 2.24. The number of morpholine rings is 1. The molecule has 2 heterocycles. The van der Waals surface area contributed by atoms with Gasteiger partial charge < -0.3 is 4.74 Å². The van der Waals surface area contributed by atoms with Crippen LogP contribution in [0.1, 0.15) is 5.01 Å². The zero-order valence-electron chi connectivity index (χ0n) is 10.8. The van der Waals surface area contributed by atoms with Crippen LogP contribution in [0.4, 0.5) is 8.78 Å². The lowest BCUT2D eigenvalue weighted by Crippen LogP contribution is -2.35. The molecule has 1 fully saturated rings. The molecule has 0 radical (unpaired) electrons. The average Bonchev–Trinajstić information content (AvgIpc) is 2.91. The van der Waals surface area contributed by atoms with Gasteiger partial charge in [-0.15, -0.1) is 11.3 Å².